The third-order valence-corrected chi connectivity index (χ3v) is 3.10. The first kappa shape index (κ1) is 12.5. The average molecular weight is 230 g/mol. The van der Waals surface area contributed by atoms with E-state index in [1.807, 2.05) is 0 Å². The van der Waals surface area contributed by atoms with E-state index in [-0.39, 0.29) is 5.82 Å². The van der Waals surface area contributed by atoms with Crippen molar-refractivity contribution >= 4 is 11.6 Å². The predicted octanol–water partition coefficient (Wildman–Crippen LogP) is 3.31. The lowest BCUT2D eigenvalue weighted by atomic mass is 9.96. The minimum Gasteiger partial charge on any atom is -0.330 e. The molecule has 0 bridgehead atoms. The van der Waals surface area contributed by atoms with Crippen LogP contribution in [-0.2, 0) is 6.42 Å². The van der Waals surface area contributed by atoms with Crippen LogP contribution >= 0.6 is 11.6 Å². The van der Waals surface area contributed by atoms with Crippen LogP contribution in [0.5, 0.6) is 0 Å². The van der Waals surface area contributed by atoms with Crippen LogP contribution in [-0.4, -0.2) is 6.54 Å². The fraction of sp³-hybridized carbons (Fsp3) is 0.500. The molecule has 0 saturated carbocycles. The van der Waals surface area contributed by atoms with Crippen LogP contribution in [0.15, 0.2) is 12.1 Å². The molecule has 2 N–H and O–H groups in total. The van der Waals surface area contributed by atoms with Gasteiger partial charge in [0.2, 0.25) is 0 Å². The molecule has 0 spiro atoms. The quantitative estimate of drug-likeness (QED) is 0.842. The highest BCUT2D eigenvalue weighted by Crippen LogP contribution is 2.23. The Balaban J connectivity index is 2.89. The Morgan fingerprint density at radius 3 is 2.67 bits per heavy atom. The third kappa shape index (κ3) is 3.18. The van der Waals surface area contributed by atoms with Gasteiger partial charge in [-0.3, -0.25) is 0 Å². The molecule has 0 aliphatic carbocycles. The largest absolute Gasteiger partial charge is 0.330 e. The molecule has 0 fully saturated rings. The first-order chi connectivity index (χ1) is 7.08. The molecular weight excluding hydrogens is 213 g/mol. The fourth-order valence-corrected chi connectivity index (χ4v) is 1.84. The molecule has 15 heavy (non-hydrogen) atoms. The summed E-state index contributed by atoms with van der Waals surface area (Å²) < 4.78 is 13.3. The van der Waals surface area contributed by atoms with Crippen molar-refractivity contribution in [1.82, 2.24) is 0 Å². The number of rotatable bonds is 4. The molecule has 1 aromatic carbocycles. The van der Waals surface area contributed by atoms with E-state index in [0.29, 0.717) is 23.0 Å². The van der Waals surface area contributed by atoms with Gasteiger partial charge < -0.3 is 5.73 Å². The van der Waals surface area contributed by atoms with E-state index in [9.17, 15) is 4.39 Å². The van der Waals surface area contributed by atoms with Crippen molar-refractivity contribution in [2.45, 2.75) is 26.7 Å². The Kier molecular flexibility index (Phi) is 4.55. The summed E-state index contributed by atoms with van der Waals surface area (Å²) in [5, 5.41) is 0.640. The van der Waals surface area contributed by atoms with Crippen LogP contribution in [0, 0.1) is 18.7 Å². The van der Waals surface area contributed by atoms with Crippen molar-refractivity contribution in [2.75, 3.05) is 6.54 Å². The number of halogens is 2. The molecule has 3 heteroatoms. The summed E-state index contributed by atoms with van der Waals surface area (Å²) in [7, 11) is 0. The van der Waals surface area contributed by atoms with Gasteiger partial charge >= 0.3 is 0 Å². The summed E-state index contributed by atoms with van der Waals surface area (Å²) >= 11 is 6.05. The second-order valence-electron chi connectivity index (χ2n) is 3.91. The number of nitrogens with two attached hydrogens (primary N) is 1. The lowest BCUT2D eigenvalue weighted by molar-refractivity contribution is 0.516. The van der Waals surface area contributed by atoms with Gasteiger partial charge in [-0.15, -0.1) is 0 Å². The molecular formula is C12H17ClFN. The maximum atomic E-state index is 13.3. The zero-order valence-corrected chi connectivity index (χ0v) is 9.94. The Labute approximate surface area is 95.4 Å². The first-order valence-electron chi connectivity index (χ1n) is 5.23. The smallest absolute Gasteiger partial charge is 0.126 e. The number of aryl methyl sites for hydroxylation is 1. The van der Waals surface area contributed by atoms with Gasteiger partial charge in [0, 0.05) is 5.02 Å². The van der Waals surface area contributed by atoms with Crippen LogP contribution in [0.25, 0.3) is 0 Å². The molecule has 0 aromatic heterocycles. The molecule has 0 aliphatic rings. The normalized spacial score (nSPS) is 12.9. The third-order valence-electron chi connectivity index (χ3n) is 2.75. The van der Waals surface area contributed by atoms with Crippen molar-refractivity contribution in [3.8, 4) is 0 Å². The van der Waals surface area contributed by atoms with Gasteiger partial charge in [-0.1, -0.05) is 24.9 Å². The highest BCUT2D eigenvalue weighted by atomic mass is 35.5. The van der Waals surface area contributed by atoms with Crippen LogP contribution in [0.4, 0.5) is 4.39 Å². The molecule has 1 atom stereocenters. The second kappa shape index (κ2) is 5.47. The molecule has 0 amide bonds. The van der Waals surface area contributed by atoms with Crippen molar-refractivity contribution < 1.29 is 4.39 Å². The molecule has 0 saturated heterocycles. The topological polar surface area (TPSA) is 26.0 Å². The Hall–Kier alpha value is -0.600. The standard InChI is InChI=1S/C12H17ClFN/c1-3-9(7-15)5-10-6-12(14)8(2)4-11(10)13/h4,6,9H,3,5,7,15H2,1-2H3. The average Bonchev–Trinajstić information content (AvgIpc) is 2.21. The monoisotopic (exact) mass is 229 g/mol. The highest BCUT2D eigenvalue weighted by Gasteiger charge is 2.10. The SMILES string of the molecule is CCC(CN)Cc1cc(F)c(C)cc1Cl. The number of hydrogen-bond donors (Lipinski definition) is 1. The summed E-state index contributed by atoms with van der Waals surface area (Å²) in [5.41, 5.74) is 7.06. The molecule has 1 nitrogen and oxygen atoms in total. The minimum atomic E-state index is -0.193. The molecule has 1 aromatic rings. The van der Waals surface area contributed by atoms with Gasteiger partial charge in [-0.2, -0.15) is 0 Å². The predicted molar refractivity (Wildman–Crippen MR) is 62.7 cm³/mol. The first-order valence-corrected chi connectivity index (χ1v) is 5.60. The second-order valence-corrected chi connectivity index (χ2v) is 4.31. The zero-order chi connectivity index (χ0) is 11.4. The molecule has 0 heterocycles. The Morgan fingerprint density at radius 2 is 2.13 bits per heavy atom. The van der Waals surface area contributed by atoms with Crippen molar-refractivity contribution in [1.29, 1.82) is 0 Å². The maximum absolute atomic E-state index is 13.3. The highest BCUT2D eigenvalue weighted by molar-refractivity contribution is 6.31. The van der Waals surface area contributed by atoms with Gasteiger partial charge in [0.15, 0.2) is 0 Å². The van der Waals surface area contributed by atoms with E-state index < -0.39 is 0 Å². The van der Waals surface area contributed by atoms with Gasteiger partial charge in [0.25, 0.3) is 0 Å². The summed E-state index contributed by atoms with van der Waals surface area (Å²) in [5.74, 6) is 0.186. The van der Waals surface area contributed by atoms with Crippen molar-refractivity contribution in [3.05, 3.63) is 34.1 Å². The van der Waals surface area contributed by atoms with E-state index in [0.717, 1.165) is 18.4 Å². The Morgan fingerprint density at radius 1 is 1.47 bits per heavy atom. The van der Waals surface area contributed by atoms with E-state index >= 15 is 0 Å². The summed E-state index contributed by atoms with van der Waals surface area (Å²) in [6.45, 7) is 4.41. The van der Waals surface area contributed by atoms with Gasteiger partial charge in [-0.05, 0) is 49.1 Å². The van der Waals surface area contributed by atoms with Crippen molar-refractivity contribution in [3.63, 3.8) is 0 Å². The lowest BCUT2D eigenvalue weighted by Crippen LogP contribution is -2.16. The number of benzene rings is 1. The summed E-state index contributed by atoms with van der Waals surface area (Å²) in [6, 6.07) is 3.20. The van der Waals surface area contributed by atoms with Gasteiger partial charge in [0.05, 0.1) is 0 Å². The molecule has 0 radical (unpaired) electrons. The molecule has 0 aliphatic heterocycles. The lowest BCUT2D eigenvalue weighted by Gasteiger charge is -2.13. The van der Waals surface area contributed by atoms with E-state index in [1.165, 1.54) is 6.07 Å². The zero-order valence-electron chi connectivity index (χ0n) is 9.19. The van der Waals surface area contributed by atoms with Crippen LogP contribution in [0.2, 0.25) is 5.02 Å². The van der Waals surface area contributed by atoms with E-state index in [1.54, 1.807) is 13.0 Å². The van der Waals surface area contributed by atoms with E-state index in [4.69, 9.17) is 17.3 Å². The molecule has 1 unspecified atom stereocenters. The Bertz CT molecular complexity index is 335. The minimum absolute atomic E-state index is 0.193. The van der Waals surface area contributed by atoms with Crippen LogP contribution < -0.4 is 5.73 Å². The molecule has 84 valence electrons. The van der Waals surface area contributed by atoms with Gasteiger partial charge in [0.1, 0.15) is 5.82 Å². The summed E-state index contributed by atoms with van der Waals surface area (Å²) in [6.07, 6.45) is 1.74. The number of hydrogen-bond acceptors (Lipinski definition) is 1. The molecule has 1 rings (SSSR count). The van der Waals surface area contributed by atoms with E-state index in [2.05, 4.69) is 6.92 Å². The fourth-order valence-electron chi connectivity index (χ4n) is 1.55. The van der Waals surface area contributed by atoms with Crippen molar-refractivity contribution in [2.24, 2.45) is 11.7 Å². The van der Waals surface area contributed by atoms with Crippen LogP contribution in [0.1, 0.15) is 24.5 Å². The maximum Gasteiger partial charge on any atom is 0.126 e. The summed E-state index contributed by atoms with van der Waals surface area (Å²) in [4.78, 5) is 0. The van der Waals surface area contributed by atoms with Crippen LogP contribution in [0.3, 0.4) is 0 Å². The van der Waals surface area contributed by atoms with Gasteiger partial charge in [-0.25, -0.2) is 4.39 Å².